The fourth-order valence-electron chi connectivity index (χ4n) is 2.87. The van der Waals surface area contributed by atoms with Crippen LogP contribution in [0.5, 0.6) is 0 Å². The number of benzene rings is 2. The molecule has 3 rings (SSSR count). The van der Waals surface area contributed by atoms with Crippen LogP contribution in [0.4, 0.5) is 13.2 Å². The Morgan fingerprint density at radius 2 is 1.67 bits per heavy atom. The SMILES string of the molecule is O=C(C#Cc1ccc(-c2ccccc2)c(C(F)(F)F)c1)N1C[C@@H](O)[C@@H](O)C1. The first kappa shape index (κ1) is 19.0. The zero-order valence-electron chi connectivity index (χ0n) is 14.1. The van der Waals surface area contributed by atoms with Crippen LogP contribution in [0.15, 0.2) is 48.5 Å². The van der Waals surface area contributed by atoms with E-state index in [1.807, 2.05) is 0 Å². The van der Waals surface area contributed by atoms with E-state index < -0.39 is 29.9 Å². The minimum absolute atomic E-state index is 0.0331. The average Bonchev–Trinajstić information content (AvgIpc) is 2.98. The maximum atomic E-state index is 13.5. The van der Waals surface area contributed by atoms with Gasteiger partial charge in [-0.25, -0.2) is 0 Å². The number of hydrogen-bond donors (Lipinski definition) is 2. The summed E-state index contributed by atoms with van der Waals surface area (Å²) in [7, 11) is 0. The van der Waals surface area contributed by atoms with Crippen LogP contribution in [0.25, 0.3) is 11.1 Å². The molecule has 0 aromatic heterocycles. The molecule has 27 heavy (non-hydrogen) atoms. The van der Waals surface area contributed by atoms with Crippen LogP contribution in [0, 0.1) is 11.8 Å². The lowest BCUT2D eigenvalue weighted by molar-refractivity contribution is -0.137. The normalized spacial score (nSPS) is 19.5. The van der Waals surface area contributed by atoms with Crippen molar-refractivity contribution in [3.8, 4) is 23.0 Å². The lowest BCUT2D eigenvalue weighted by Crippen LogP contribution is -2.28. The minimum Gasteiger partial charge on any atom is -0.388 e. The molecule has 1 amide bonds. The van der Waals surface area contributed by atoms with Crippen LogP contribution in [0.2, 0.25) is 0 Å². The van der Waals surface area contributed by atoms with E-state index in [4.69, 9.17) is 0 Å². The highest BCUT2D eigenvalue weighted by molar-refractivity contribution is 5.94. The summed E-state index contributed by atoms with van der Waals surface area (Å²) in [4.78, 5) is 13.1. The Bertz CT molecular complexity index is 890. The van der Waals surface area contributed by atoms with E-state index in [0.29, 0.717) is 5.56 Å². The molecular weight excluding hydrogens is 359 g/mol. The summed E-state index contributed by atoms with van der Waals surface area (Å²) in [6.45, 7) is -0.120. The number of aliphatic hydroxyl groups excluding tert-OH is 2. The zero-order chi connectivity index (χ0) is 19.6. The Hall–Kier alpha value is -2.82. The van der Waals surface area contributed by atoms with E-state index >= 15 is 0 Å². The first-order valence-electron chi connectivity index (χ1n) is 8.19. The zero-order valence-corrected chi connectivity index (χ0v) is 14.1. The van der Waals surface area contributed by atoms with Crippen molar-refractivity contribution in [1.82, 2.24) is 4.90 Å². The van der Waals surface area contributed by atoms with Gasteiger partial charge in [0, 0.05) is 11.5 Å². The predicted molar refractivity (Wildman–Crippen MR) is 92.4 cm³/mol. The third kappa shape index (κ3) is 4.30. The highest BCUT2D eigenvalue weighted by atomic mass is 19.4. The molecule has 1 aliphatic heterocycles. The molecule has 7 heteroatoms. The summed E-state index contributed by atoms with van der Waals surface area (Å²) >= 11 is 0. The van der Waals surface area contributed by atoms with Gasteiger partial charge in [0.15, 0.2) is 0 Å². The second-order valence-electron chi connectivity index (χ2n) is 6.22. The van der Waals surface area contributed by atoms with Crippen LogP contribution in [0.1, 0.15) is 11.1 Å². The summed E-state index contributed by atoms with van der Waals surface area (Å²) in [5.41, 5.74) is -0.318. The van der Waals surface area contributed by atoms with E-state index in [9.17, 15) is 28.2 Å². The number of halogens is 3. The smallest absolute Gasteiger partial charge is 0.388 e. The fraction of sp³-hybridized carbons (Fsp3) is 0.250. The van der Waals surface area contributed by atoms with E-state index in [1.165, 1.54) is 12.1 Å². The minimum atomic E-state index is -4.57. The molecule has 0 unspecified atom stereocenters. The monoisotopic (exact) mass is 375 g/mol. The first-order chi connectivity index (χ1) is 12.8. The van der Waals surface area contributed by atoms with Crippen molar-refractivity contribution in [1.29, 1.82) is 0 Å². The standard InChI is InChI=1S/C20H16F3NO3/c21-20(22,23)16-10-13(6-8-15(16)14-4-2-1-3-5-14)7-9-19(27)24-11-17(25)18(26)12-24/h1-6,8,10,17-18,25-26H,11-12H2/t17-,18+. The predicted octanol–water partition coefficient (Wildman–Crippen LogP) is 2.29. The van der Waals surface area contributed by atoms with Gasteiger partial charge in [0.2, 0.25) is 0 Å². The molecule has 0 saturated carbocycles. The molecule has 1 heterocycles. The van der Waals surface area contributed by atoms with Gasteiger partial charge in [0.05, 0.1) is 30.9 Å². The van der Waals surface area contributed by atoms with Crippen LogP contribution in [-0.4, -0.2) is 46.3 Å². The third-order valence-electron chi connectivity index (χ3n) is 4.27. The molecule has 1 fully saturated rings. The molecular formula is C20H16F3NO3. The van der Waals surface area contributed by atoms with Gasteiger partial charge in [-0.2, -0.15) is 13.2 Å². The topological polar surface area (TPSA) is 60.8 Å². The maximum absolute atomic E-state index is 13.5. The van der Waals surface area contributed by atoms with Gasteiger partial charge in [0.25, 0.3) is 5.91 Å². The van der Waals surface area contributed by atoms with Crippen molar-refractivity contribution in [3.63, 3.8) is 0 Å². The Morgan fingerprint density at radius 3 is 2.26 bits per heavy atom. The van der Waals surface area contributed by atoms with Gasteiger partial charge in [0.1, 0.15) is 0 Å². The first-order valence-corrected chi connectivity index (χ1v) is 8.19. The maximum Gasteiger partial charge on any atom is 0.417 e. The van der Waals surface area contributed by atoms with Crippen molar-refractivity contribution in [2.75, 3.05) is 13.1 Å². The number of aliphatic hydroxyl groups is 2. The highest BCUT2D eigenvalue weighted by Gasteiger charge is 2.34. The number of carbonyl (C=O) groups is 1. The van der Waals surface area contributed by atoms with Crippen LogP contribution in [-0.2, 0) is 11.0 Å². The molecule has 0 radical (unpaired) electrons. The van der Waals surface area contributed by atoms with Crippen molar-refractivity contribution in [2.45, 2.75) is 18.4 Å². The number of carbonyl (C=O) groups excluding carboxylic acids is 1. The molecule has 2 aromatic rings. The second kappa shape index (κ2) is 7.43. The van der Waals surface area contributed by atoms with Crippen LogP contribution < -0.4 is 0 Å². The summed E-state index contributed by atoms with van der Waals surface area (Å²) < 4.78 is 40.4. The molecule has 0 bridgehead atoms. The summed E-state index contributed by atoms with van der Waals surface area (Å²) in [6, 6.07) is 11.9. The molecule has 0 spiro atoms. The molecule has 1 aliphatic rings. The van der Waals surface area contributed by atoms with Gasteiger partial charge in [-0.1, -0.05) is 42.3 Å². The van der Waals surface area contributed by atoms with Gasteiger partial charge in [-0.05, 0) is 23.3 Å². The fourth-order valence-corrected chi connectivity index (χ4v) is 2.87. The Labute approximate surface area is 153 Å². The molecule has 0 aliphatic carbocycles. The number of alkyl halides is 3. The van der Waals surface area contributed by atoms with E-state index in [-0.39, 0.29) is 24.2 Å². The molecule has 2 N–H and O–H groups in total. The average molecular weight is 375 g/mol. The van der Waals surface area contributed by atoms with Gasteiger partial charge >= 0.3 is 6.18 Å². The highest BCUT2D eigenvalue weighted by Crippen LogP contribution is 2.37. The van der Waals surface area contributed by atoms with Crippen molar-refractivity contribution >= 4 is 5.91 Å². The number of rotatable bonds is 1. The number of nitrogens with zero attached hydrogens (tertiary/aromatic N) is 1. The quantitative estimate of drug-likeness (QED) is 0.752. The molecule has 4 nitrogen and oxygen atoms in total. The van der Waals surface area contributed by atoms with Crippen LogP contribution >= 0.6 is 0 Å². The summed E-state index contributed by atoms with van der Waals surface area (Å²) in [5, 5.41) is 18.9. The Balaban J connectivity index is 1.89. The van der Waals surface area contributed by atoms with Gasteiger partial charge < -0.3 is 15.1 Å². The van der Waals surface area contributed by atoms with E-state index in [0.717, 1.165) is 11.0 Å². The van der Waals surface area contributed by atoms with Gasteiger partial charge in [-0.3, -0.25) is 4.79 Å². The Morgan fingerprint density at radius 1 is 1.04 bits per heavy atom. The number of hydrogen-bond acceptors (Lipinski definition) is 3. The van der Waals surface area contributed by atoms with Crippen molar-refractivity contribution in [2.24, 2.45) is 0 Å². The molecule has 140 valence electrons. The largest absolute Gasteiger partial charge is 0.417 e. The lowest BCUT2D eigenvalue weighted by atomic mass is 9.97. The van der Waals surface area contributed by atoms with Crippen molar-refractivity contribution < 1.29 is 28.2 Å². The molecule has 2 aromatic carbocycles. The Kier molecular flexibility index (Phi) is 5.22. The number of likely N-dealkylation sites (tertiary alicyclic amines) is 1. The van der Waals surface area contributed by atoms with Crippen molar-refractivity contribution in [3.05, 3.63) is 59.7 Å². The number of β-amino-alcohol motifs (C(OH)–C–C–N with tert-alkyl or cyclic N) is 2. The van der Waals surface area contributed by atoms with Gasteiger partial charge in [-0.15, -0.1) is 0 Å². The number of amides is 1. The summed E-state index contributed by atoms with van der Waals surface area (Å²) in [6.07, 6.45) is -6.66. The lowest BCUT2D eigenvalue weighted by Gasteiger charge is -2.13. The molecule has 2 atom stereocenters. The van der Waals surface area contributed by atoms with Crippen LogP contribution in [0.3, 0.4) is 0 Å². The molecule has 1 saturated heterocycles. The second-order valence-corrected chi connectivity index (χ2v) is 6.22. The van der Waals surface area contributed by atoms with E-state index in [2.05, 4.69) is 11.8 Å². The summed E-state index contributed by atoms with van der Waals surface area (Å²) in [5.74, 6) is 4.04. The third-order valence-corrected chi connectivity index (χ3v) is 4.27. The van der Waals surface area contributed by atoms with E-state index in [1.54, 1.807) is 30.3 Å².